The molecule has 0 amide bonds. The van der Waals surface area contributed by atoms with E-state index in [2.05, 4.69) is 68.2 Å². The third kappa shape index (κ3) is 2.76. The van der Waals surface area contributed by atoms with Crippen LogP contribution in [0.15, 0.2) is 30.3 Å². The molecule has 2 fully saturated rings. The fourth-order valence-corrected chi connectivity index (χ4v) is 4.37. The fourth-order valence-electron chi connectivity index (χ4n) is 4.37. The Morgan fingerprint density at radius 2 is 1.76 bits per heavy atom. The smallest absolute Gasteiger partial charge is 0.0235 e. The van der Waals surface area contributed by atoms with Gasteiger partial charge in [0.1, 0.15) is 0 Å². The van der Waals surface area contributed by atoms with Gasteiger partial charge in [0.25, 0.3) is 0 Å². The summed E-state index contributed by atoms with van der Waals surface area (Å²) in [5.74, 6) is 0. The third-order valence-corrected chi connectivity index (χ3v) is 6.14. The van der Waals surface area contributed by atoms with Crippen LogP contribution >= 0.6 is 0 Å². The highest BCUT2D eigenvalue weighted by Crippen LogP contribution is 2.65. The first-order valence-corrected chi connectivity index (χ1v) is 8.44. The molecule has 0 radical (unpaired) electrons. The Bertz CT molecular complexity index is 464. The van der Waals surface area contributed by atoms with Crippen LogP contribution in [0.25, 0.3) is 0 Å². The zero-order valence-electron chi connectivity index (χ0n) is 14.0. The SMILES string of the molecule is CC1(C)C(N2CCCNC(Cc3ccccc3)C2)C1(C)C. The van der Waals surface area contributed by atoms with Gasteiger partial charge >= 0.3 is 0 Å². The van der Waals surface area contributed by atoms with E-state index >= 15 is 0 Å². The predicted octanol–water partition coefficient (Wildman–Crippen LogP) is 3.33. The van der Waals surface area contributed by atoms with Crippen LogP contribution in [0.4, 0.5) is 0 Å². The highest BCUT2D eigenvalue weighted by atomic mass is 15.3. The molecule has 2 aliphatic rings. The van der Waals surface area contributed by atoms with E-state index in [0.29, 0.717) is 16.9 Å². The average Bonchev–Trinajstić information content (AvgIpc) is 2.95. The number of benzene rings is 1. The Balaban J connectivity index is 1.68. The van der Waals surface area contributed by atoms with Gasteiger partial charge in [-0.2, -0.15) is 0 Å². The van der Waals surface area contributed by atoms with Gasteiger partial charge in [-0.25, -0.2) is 0 Å². The van der Waals surface area contributed by atoms with Crippen LogP contribution in [-0.4, -0.2) is 36.6 Å². The Hall–Kier alpha value is -0.860. The molecule has 1 N–H and O–H groups in total. The molecule has 21 heavy (non-hydrogen) atoms. The first kappa shape index (κ1) is 15.1. The van der Waals surface area contributed by atoms with Crippen molar-refractivity contribution in [2.75, 3.05) is 19.6 Å². The first-order valence-electron chi connectivity index (χ1n) is 8.44. The van der Waals surface area contributed by atoms with Crippen molar-refractivity contribution in [1.29, 1.82) is 0 Å². The van der Waals surface area contributed by atoms with Gasteiger partial charge in [0.05, 0.1) is 0 Å². The molecule has 0 bridgehead atoms. The van der Waals surface area contributed by atoms with Gasteiger partial charge in [0.15, 0.2) is 0 Å². The molecular formula is C19H30N2. The molecule has 2 heteroatoms. The molecule has 0 spiro atoms. The molecule has 1 unspecified atom stereocenters. The summed E-state index contributed by atoms with van der Waals surface area (Å²) in [7, 11) is 0. The van der Waals surface area contributed by atoms with E-state index in [-0.39, 0.29) is 0 Å². The van der Waals surface area contributed by atoms with Crippen molar-refractivity contribution in [1.82, 2.24) is 10.2 Å². The van der Waals surface area contributed by atoms with Crippen LogP contribution in [0, 0.1) is 10.8 Å². The lowest BCUT2D eigenvalue weighted by Crippen LogP contribution is -2.41. The quantitative estimate of drug-likeness (QED) is 0.917. The normalized spacial score (nSPS) is 29.0. The van der Waals surface area contributed by atoms with Gasteiger partial charge in [0.2, 0.25) is 0 Å². The summed E-state index contributed by atoms with van der Waals surface area (Å²) in [4.78, 5) is 2.76. The van der Waals surface area contributed by atoms with E-state index in [4.69, 9.17) is 0 Å². The maximum absolute atomic E-state index is 3.76. The summed E-state index contributed by atoms with van der Waals surface area (Å²) in [6, 6.07) is 12.2. The minimum absolute atomic E-state index is 0.453. The Kier molecular flexibility index (Phi) is 3.87. The van der Waals surface area contributed by atoms with Crippen molar-refractivity contribution in [2.24, 2.45) is 10.8 Å². The van der Waals surface area contributed by atoms with Gasteiger partial charge in [-0.15, -0.1) is 0 Å². The lowest BCUT2D eigenvalue weighted by molar-refractivity contribution is 0.220. The summed E-state index contributed by atoms with van der Waals surface area (Å²) < 4.78 is 0. The summed E-state index contributed by atoms with van der Waals surface area (Å²) in [6.07, 6.45) is 2.42. The van der Waals surface area contributed by atoms with Crippen molar-refractivity contribution in [2.45, 2.75) is 52.6 Å². The second kappa shape index (κ2) is 5.40. The van der Waals surface area contributed by atoms with Crippen LogP contribution in [0.3, 0.4) is 0 Å². The molecular weight excluding hydrogens is 256 g/mol. The van der Waals surface area contributed by atoms with Crippen molar-refractivity contribution in [3.63, 3.8) is 0 Å². The number of nitrogens with one attached hydrogen (secondary N) is 1. The van der Waals surface area contributed by atoms with Crippen molar-refractivity contribution < 1.29 is 0 Å². The van der Waals surface area contributed by atoms with Crippen LogP contribution in [-0.2, 0) is 6.42 Å². The van der Waals surface area contributed by atoms with E-state index in [9.17, 15) is 0 Å². The summed E-state index contributed by atoms with van der Waals surface area (Å²) >= 11 is 0. The van der Waals surface area contributed by atoms with Crippen LogP contribution < -0.4 is 5.32 Å². The lowest BCUT2D eigenvalue weighted by Gasteiger charge is -2.26. The summed E-state index contributed by atoms with van der Waals surface area (Å²) in [5.41, 5.74) is 2.36. The van der Waals surface area contributed by atoms with E-state index in [1.54, 1.807) is 0 Å². The summed E-state index contributed by atoms with van der Waals surface area (Å²) in [6.45, 7) is 13.3. The number of hydrogen-bond acceptors (Lipinski definition) is 2. The molecule has 1 aliphatic heterocycles. The van der Waals surface area contributed by atoms with Gasteiger partial charge < -0.3 is 5.32 Å². The molecule has 1 saturated heterocycles. The molecule has 3 rings (SSSR count). The minimum Gasteiger partial charge on any atom is -0.312 e. The largest absolute Gasteiger partial charge is 0.312 e. The standard InChI is InChI=1S/C19H30N2/c1-18(2)17(19(18,3)4)21-12-8-11-20-16(14-21)13-15-9-6-5-7-10-15/h5-7,9-10,16-17,20H,8,11-14H2,1-4H3. The molecule has 2 nitrogen and oxygen atoms in total. The summed E-state index contributed by atoms with van der Waals surface area (Å²) in [5, 5.41) is 3.76. The highest BCUT2D eigenvalue weighted by Gasteiger charge is 2.66. The third-order valence-electron chi connectivity index (χ3n) is 6.14. The van der Waals surface area contributed by atoms with Crippen LogP contribution in [0.2, 0.25) is 0 Å². The Labute approximate surface area is 129 Å². The topological polar surface area (TPSA) is 15.3 Å². The number of hydrogen-bond donors (Lipinski definition) is 1. The molecule has 0 aromatic heterocycles. The first-order chi connectivity index (χ1) is 9.93. The molecule has 1 aromatic rings. The van der Waals surface area contributed by atoms with Crippen molar-refractivity contribution in [3.05, 3.63) is 35.9 Å². The van der Waals surface area contributed by atoms with Gasteiger partial charge in [-0.1, -0.05) is 58.0 Å². The molecule has 116 valence electrons. The lowest BCUT2D eigenvalue weighted by atomic mass is 10.0. The highest BCUT2D eigenvalue weighted by molar-refractivity contribution is 5.20. The Morgan fingerprint density at radius 3 is 2.38 bits per heavy atom. The maximum atomic E-state index is 3.76. The molecule has 1 atom stereocenters. The van der Waals surface area contributed by atoms with Crippen molar-refractivity contribution >= 4 is 0 Å². The predicted molar refractivity (Wildman–Crippen MR) is 89.5 cm³/mol. The minimum atomic E-state index is 0.453. The zero-order chi connectivity index (χ0) is 15.1. The number of rotatable bonds is 3. The van der Waals surface area contributed by atoms with E-state index in [1.165, 1.54) is 25.1 Å². The Morgan fingerprint density at radius 1 is 1.10 bits per heavy atom. The van der Waals surface area contributed by atoms with Crippen LogP contribution in [0.1, 0.15) is 39.7 Å². The van der Waals surface area contributed by atoms with Crippen molar-refractivity contribution in [3.8, 4) is 0 Å². The average molecular weight is 286 g/mol. The maximum Gasteiger partial charge on any atom is 0.0235 e. The second-order valence-electron chi connectivity index (χ2n) is 8.04. The van der Waals surface area contributed by atoms with Crippen LogP contribution in [0.5, 0.6) is 0 Å². The van der Waals surface area contributed by atoms with Gasteiger partial charge in [-0.05, 0) is 42.3 Å². The molecule has 1 aromatic carbocycles. The molecule has 1 heterocycles. The number of nitrogens with zero attached hydrogens (tertiary/aromatic N) is 1. The molecule has 1 saturated carbocycles. The fraction of sp³-hybridized carbons (Fsp3) is 0.684. The molecule has 1 aliphatic carbocycles. The van der Waals surface area contributed by atoms with E-state index in [0.717, 1.165) is 19.0 Å². The van der Waals surface area contributed by atoms with E-state index < -0.39 is 0 Å². The van der Waals surface area contributed by atoms with Gasteiger partial charge in [-0.3, -0.25) is 4.90 Å². The monoisotopic (exact) mass is 286 g/mol. The van der Waals surface area contributed by atoms with E-state index in [1.807, 2.05) is 0 Å². The van der Waals surface area contributed by atoms with Gasteiger partial charge in [0, 0.05) is 18.6 Å². The zero-order valence-corrected chi connectivity index (χ0v) is 14.0. The second-order valence-corrected chi connectivity index (χ2v) is 8.04.